The SMILES string of the molecule is O=S(=O)(NC1CCCCC1Cl)c1ccc(F)cc1F. The third-order valence-electron chi connectivity index (χ3n) is 3.17. The first kappa shape index (κ1) is 14.7. The molecule has 1 saturated carbocycles. The minimum Gasteiger partial charge on any atom is -0.207 e. The number of halogens is 3. The molecule has 1 aliphatic rings. The number of rotatable bonds is 3. The van der Waals surface area contributed by atoms with Crippen molar-refractivity contribution in [2.24, 2.45) is 0 Å². The molecule has 0 aromatic heterocycles. The van der Waals surface area contributed by atoms with Crippen molar-refractivity contribution in [2.45, 2.75) is 42.0 Å². The molecule has 2 rings (SSSR count). The van der Waals surface area contributed by atoms with Crippen LogP contribution < -0.4 is 4.72 Å². The molecule has 1 aliphatic carbocycles. The standard InChI is InChI=1S/C12H14ClF2NO2S/c13-9-3-1-2-4-11(9)16-19(17,18)12-6-5-8(14)7-10(12)15/h5-7,9,11,16H,1-4H2. The van der Waals surface area contributed by atoms with Gasteiger partial charge in [-0.2, -0.15) is 0 Å². The molecule has 0 aliphatic heterocycles. The monoisotopic (exact) mass is 309 g/mol. The molecule has 0 amide bonds. The zero-order valence-corrected chi connectivity index (χ0v) is 11.6. The molecule has 1 aromatic carbocycles. The van der Waals surface area contributed by atoms with Gasteiger partial charge in [-0.3, -0.25) is 0 Å². The van der Waals surface area contributed by atoms with E-state index < -0.39 is 32.6 Å². The fourth-order valence-corrected chi connectivity index (χ4v) is 3.96. The lowest BCUT2D eigenvalue weighted by Crippen LogP contribution is -2.42. The molecule has 0 radical (unpaired) electrons. The van der Waals surface area contributed by atoms with Gasteiger partial charge in [0.05, 0.1) is 0 Å². The van der Waals surface area contributed by atoms with Gasteiger partial charge in [-0.25, -0.2) is 21.9 Å². The Bertz CT molecular complexity index is 565. The van der Waals surface area contributed by atoms with Crippen LogP contribution in [0.3, 0.4) is 0 Å². The molecule has 0 bridgehead atoms. The number of sulfonamides is 1. The third kappa shape index (κ3) is 3.43. The first-order valence-electron chi connectivity index (χ1n) is 6.01. The van der Waals surface area contributed by atoms with Crippen LogP contribution >= 0.6 is 11.6 Å². The number of nitrogens with one attached hydrogen (secondary N) is 1. The smallest absolute Gasteiger partial charge is 0.207 e. The normalized spacial score (nSPS) is 24.4. The van der Waals surface area contributed by atoms with Gasteiger partial charge in [0.2, 0.25) is 10.0 Å². The van der Waals surface area contributed by atoms with Crippen molar-refractivity contribution in [3.8, 4) is 0 Å². The minimum absolute atomic E-state index is 0.299. The van der Waals surface area contributed by atoms with Crippen molar-refractivity contribution in [1.82, 2.24) is 4.72 Å². The zero-order valence-electron chi connectivity index (χ0n) is 10.1. The first-order valence-corrected chi connectivity index (χ1v) is 7.93. The Hall–Kier alpha value is -0.720. The highest BCUT2D eigenvalue weighted by atomic mass is 35.5. The second kappa shape index (κ2) is 5.73. The Morgan fingerprint density at radius 1 is 1.21 bits per heavy atom. The highest BCUT2D eigenvalue weighted by Crippen LogP contribution is 2.25. The lowest BCUT2D eigenvalue weighted by molar-refractivity contribution is 0.417. The average molecular weight is 310 g/mol. The van der Waals surface area contributed by atoms with Crippen LogP contribution in [0.15, 0.2) is 23.1 Å². The van der Waals surface area contributed by atoms with E-state index in [0.29, 0.717) is 12.5 Å². The van der Waals surface area contributed by atoms with Crippen LogP contribution in [-0.4, -0.2) is 19.8 Å². The molecule has 0 heterocycles. The second-order valence-corrected chi connectivity index (χ2v) is 6.85. The Balaban J connectivity index is 2.22. The van der Waals surface area contributed by atoms with E-state index in [2.05, 4.69) is 4.72 Å². The molecule has 7 heteroatoms. The van der Waals surface area contributed by atoms with Gasteiger partial charge in [-0.15, -0.1) is 11.6 Å². The van der Waals surface area contributed by atoms with E-state index in [4.69, 9.17) is 11.6 Å². The summed E-state index contributed by atoms with van der Waals surface area (Å²) in [5.74, 6) is -1.92. The van der Waals surface area contributed by atoms with Gasteiger partial charge in [0.1, 0.15) is 16.5 Å². The fourth-order valence-electron chi connectivity index (χ4n) is 2.17. The summed E-state index contributed by atoms with van der Waals surface area (Å²) in [6.45, 7) is 0. The molecule has 1 fully saturated rings. The first-order chi connectivity index (χ1) is 8.90. The van der Waals surface area contributed by atoms with Crippen LogP contribution in [0, 0.1) is 11.6 Å². The third-order valence-corrected chi connectivity index (χ3v) is 5.22. The van der Waals surface area contributed by atoms with Gasteiger partial charge >= 0.3 is 0 Å². The topological polar surface area (TPSA) is 46.2 Å². The van der Waals surface area contributed by atoms with Crippen molar-refractivity contribution in [2.75, 3.05) is 0 Å². The van der Waals surface area contributed by atoms with E-state index in [1.165, 1.54) is 0 Å². The minimum atomic E-state index is -4.02. The summed E-state index contributed by atoms with van der Waals surface area (Å²) in [5, 5.41) is -0.299. The maximum atomic E-state index is 13.5. The van der Waals surface area contributed by atoms with Crippen LogP contribution in [0.5, 0.6) is 0 Å². The summed E-state index contributed by atoms with van der Waals surface area (Å²) >= 11 is 6.06. The molecule has 0 saturated heterocycles. The summed E-state index contributed by atoms with van der Waals surface area (Å²) < 4.78 is 52.8. The van der Waals surface area contributed by atoms with Crippen LogP contribution in [0.4, 0.5) is 8.78 Å². The molecule has 19 heavy (non-hydrogen) atoms. The lowest BCUT2D eigenvalue weighted by atomic mass is 9.96. The molecular formula is C12H14ClF2NO2S. The quantitative estimate of drug-likeness (QED) is 0.873. The summed E-state index contributed by atoms with van der Waals surface area (Å²) in [6, 6.07) is 1.97. The predicted octanol–water partition coefficient (Wildman–Crippen LogP) is 2.79. The van der Waals surface area contributed by atoms with E-state index in [9.17, 15) is 17.2 Å². The molecule has 1 N–H and O–H groups in total. The molecule has 0 spiro atoms. The summed E-state index contributed by atoms with van der Waals surface area (Å²) in [4.78, 5) is -0.552. The van der Waals surface area contributed by atoms with E-state index >= 15 is 0 Å². The van der Waals surface area contributed by atoms with Crippen molar-refractivity contribution in [3.63, 3.8) is 0 Å². The number of hydrogen-bond donors (Lipinski definition) is 1. The Kier molecular flexibility index (Phi) is 4.43. The Labute approximate surface area is 116 Å². The van der Waals surface area contributed by atoms with E-state index in [0.717, 1.165) is 31.4 Å². The molecular weight excluding hydrogens is 296 g/mol. The number of benzene rings is 1. The zero-order chi connectivity index (χ0) is 14.0. The summed E-state index contributed by atoms with van der Waals surface area (Å²) in [7, 11) is -4.02. The largest absolute Gasteiger partial charge is 0.243 e. The molecule has 3 nitrogen and oxygen atoms in total. The molecule has 1 aromatic rings. The highest BCUT2D eigenvalue weighted by molar-refractivity contribution is 7.89. The van der Waals surface area contributed by atoms with E-state index in [1.807, 2.05) is 0 Å². The van der Waals surface area contributed by atoms with Crippen molar-refractivity contribution in [3.05, 3.63) is 29.8 Å². The molecule has 2 atom stereocenters. The lowest BCUT2D eigenvalue weighted by Gasteiger charge is -2.27. The Morgan fingerprint density at radius 3 is 2.53 bits per heavy atom. The maximum absolute atomic E-state index is 13.5. The second-order valence-electron chi connectivity index (χ2n) is 4.60. The summed E-state index contributed by atoms with van der Waals surface area (Å²) in [5.41, 5.74) is 0. The van der Waals surface area contributed by atoms with E-state index in [1.54, 1.807) is 0 Å². The van der Waals surface area contributed by atoms with Gasteiger partial charge in [-0.05, 0) is 25.0 Å². The van der Waals surface area contributed by atoms with Gasteiger partial charge < -0.3 is 0 Å². The average Bonchev–Trinajstić information content (AvgIpc) is 2.31. The van der Waals surface area contributed by atoms with Gasteiger partial charge in [0, 0.05) is 17.5 Å². The van der Waals surface area contributed by atoms with Crippen LogP contribution in [-0.2, 0) is 10.0 Å². The van der Waals surface area contributed by atoms with Gasteiger partial charge in [0.25, 0.3) is 0 Å². The number of alkyl halides is 1. The van der Waals surface area contributed by atoms with E-state index in [-0.39, 0.29) is 5.38 Å². The van der Waals surface area contributed by atoms with Crippen molar-refractivity contribution in [1.29, 1.82) is 0 Å². The van der Waals surface area contributed by atoms with Crippen LogP contribution in [0.25, 0.3) is 0 Å². The predicted molar refractivity (Wildman–Crippen MR) is 68.6 cm³/mol. The van der Waals surface area contributed by atoms with Crippen LogP contribution in [0.2, 0.25) is 0 Å². The van der Waals surface area contributed by atoms with Crippen molar-refractivity contribution < 1.29 is 17.2 Å². The molecule has 2 unspecified atom stereocenters. The molecule has 106 valence electrons. The highest BCUT2D eigenvalue weighted by Gasteiger charge is 2.29. The van der Waals surface area contributed by atoms with Gasteiger partial charge in [-0.1, -0.05) is 12.8 Å². The fraction of sp³-hybridized carbons (Fsp3) is 0.500. The van der Waals surface area contributed by atoms with Crippen LogP contribution in [0.1, 0.15) is 25.7 Å². The Morgan fingerprint density at radius 2 is 1.89 bits per heavy atom. The maximum Gasteiger partial charge on any atom is 0.243 e. The number of hydrogen-bond acceptors (Lipinski definition) is 2. The summed E-state index contributed by atoms with van der Waals surface area (Å²) in [6.07, 6.45) is 3.18. The van der Waals surface area contributed by atoms with Crippen molar-refractivity contribution >= 4 is 21.6 Å². The van der Waals surface area contributed by atoms with Gasteiger partial charge in [0.15, 0.2) is 0 Å².